The van der Waals surface area contributed by atoms with Crippen molar-refractivity contribution in [2.45, 2.75) is 0 Å². The second-order valence-corrected chi connectivity index (χ2v) is 4.70. The average Bonchev–Trinajstić information content (AvgIpc) is 2.46. The molecule has 1 aromatic heterocycles. The van der Waals surface area contributed by atoms with Crippen molar-refractivity contribution in [3.63, 3.8) is 0 Å². The highest BCUT2D eigenvalue weighted by molar-refractivity contribution is 6.34. The molecule has 0 saturated carbocycles. The fraction of sp³-hybridized carbons (Fsp3) is 0.333. The number of carbonyl (C=O) groups is 3. The van der Waals surface area contributed by atoms with Crippen molar-refractivity contribution in [1.29, 1.82) is 0 Å². The molecule has 1 saturated heterocycles. The van der Waals surface area contributed by atoms with Crippen LogP contribution in [0.3, 0.4) is 0 Å². The van der Waals surface area contributed by atoms with Crippen LogP contribution < -0.4 is 5.73 Å². The minimum absolute atomic E-state index is 0.180. The molecule has 1 aliphatic rings. The summed E-state index contributed by atoms with van der Waals surface area (Å²) in [6, 6.07) is 3.07. The lowest BCUT2D eigenvalue weighted by Gasteiger charge is -2.34. The van der Waals surface area contributed by atoms with Gasteiger partial charge in [-0.25, -0.2) is 4.98 Å². The number of pyridine rings is 1. The molecule has 1 aliphatic heterocycles. The van der Waals surface area contributed by atoms with E-state index in [4.69, 9.17) is 17.3 Å². The molecule has 0 unspecified atom stereocenters. The van der Waals surface area contributed by atoms with Crippen LogP contribution in [0, 0.1) is 0 Å². The van der Waals surface area contributed by atoms with Gasteiger partial charge in [-0.05, 0) is 12.1 Å². The highest BCUT2D eigenvalue weighted by atomic mass is 35.5. The molecule has 0 aliphatic carbocycles. The van der Waals surface area contributed by atoms with Gasteiger partial charge < -0.3 is 15.5 Å². The summed E-state index contributed by atoms with van der Waals surface area (Å²) in [5.41, 5.74) is 5.38. The Morgan fingerprint density at radius 1 is 1.15 bits per heavy atom. The zero-order chi connectivity index (χ0) is 14.7. The highest BCUT2D eigenvalue weighted by Gasteiger charge is 2.27. The molecular weight excluding hydrogens is 284 g/mol. The van der Waals surface area contributed by atoms with Crippen LogP contribution in [-0.4, -0.2) is 58.7 Å². The van der Waals surface area contributed by atoms with E-state index in [1.54, 1.807) is 11.0 Å². The number of hydrogen-bond donors (Lipinski definition) is 1. The SMILES string of the molecule is NC(=O)C(=O)N1CCN(C(=O)c2ccnc(Cl)c2)CC1. The molecule has 0 radical (unpaired) electrons. The molecule has 0 bridgehead atoms. The smallest absolute Gasteiger partial charge is 0.311 e. The van der Waals surface area contributed by atoms with Crippen LogP contribution in [0.4, 0.5) is 0 Å². The zero-order valence-electron chi connectivity index (χ0n) is 10.6. The third-order valence-corrected chi connectivity index (χ3v) is 3.25. The monoisotopic (exact) mass is 296 g/mol. The third-order valence-electron chi connectivity index (χ3n) is 3.04. The normalized spacial score (nSPS) is 15.1. The number of aromatic nitrogens is 1. The number of hydrogen-bond acceptors (Lipinski definition) is 4. The van der Waals surface area contributed by atoms with Crippen LogP contribution in [-0.2, 0) is 9.59 Å². The lowest BCUT2D eigenvalue weighted by Crippen LogP contribution is -2.53. The summed E-state index contributed by atoms with van der Waals surface area (Å²) < 4.78 is 0. The molecule has 2 rings (SSSR count). The van der Waals surface area contributed by atoms with Crippen LogP contribution >= 0.6 is 11.6 Å². The van der Waals surface area contributed by atoms with Gasteiger partial charge in [0.05, 0.1) is 0 Å². The Balaban J connectivity index is 1.99. The molecule has 3 amide bonds. The van der Waals surface area contributed by atoms with Gasteiger partial charge >= 0.3 is 11.8 Å². The van der Waals surface area contributed by atoms with Crippen LogP contribution in [0.1, 0.15) is 10.4 Å². The zero-order valence-corrected chi connectivity index (χ0v) is 11.3. The highest BCUT2D eigenvalue weighted by Crippen LogP contribution is 2.12. The second-order valence-electron chi connectivity index (χ2n) is 4.32. The molecule has 0 atom stereocenters. The maximum Gasteiger partial charge on any atom is 0.311 e. The maximum atomic E-state index is 12.2. The predicted molar refractivity (Wildman–Crippen MR) is 70.9 cm³/mol. The number of halogens is 1. The molecule has 0 aromatic carbocycles. The number of carbonyl (C=O) groups excluding carboxylic acids is 3. The number of amides is 3. The lowest BCUT2D eigenvalue weighted by molar-refractivity contribution is -0.145. The summed E-state index contributed by atoms with van der Waals surface area (Å²) in [5, 5.41) is 0.249. The Kier molecular flexibility index (Phi) is 4.19. The van der Waals surface area contributed by atoms with Crippen LogP contribution in [0.5, 0.6) is 0 Å². The fourth-order valence-corrected chi connectivity index (χ4v) is 2.16. The lowest BCUT2D eigenvalue weighted by atomic mass is 10.2. The minimum Gasteiger partial charge on any atom is -0.361 e. The Hall–Kier alpha value is -2.15. The van der Waals surface area contributed by atoms with Crippen molar-refractivity contribution in [2.75, 3.05) is 26.2 Å². The summed E-state index contributed by atoms with van der Waals surface area (Å²) in [4.78, 5) is 41.2. The van der Waals surface area contributed by atoms with E-state index in [-0.39, 0.29) is 24.1 Å². The third kappa shape index (κ3) is 3.05. The van der Waals surface area contributed by atoms with Gasteiger partial charge in [-0.3, -0.25) is 14.4 Å². The van der Waals surface area contributed by atoms with Crippen molar-refractivity contribution in [1.82, 2.24) is 14.8 Å². The number of nitrogens with two attached hydrogens (primary N) is 1. The summed E-state index contributed by atoms with van der Waals surface area (Å²) in [6.45, 7) is 1.26. The Labute approximate surface area is 120 Å². The Morgan fingerprint density at radius 2 is 1.75 bits per heavy atom. The van der Waals surface area contributed by atoms with E-state index in [0.29, 0.717) is 18.7 Å². The standard InChI is InChI=1S/C12H13ClN4O3/c13-9-7-8(1-2-15-9)11(19)16-3-5-17(6-4-16)12(20)10(14)18/h1-2,7H,3-6H2,(H2,14,18). The van der Waals surface area contributed by atoms with E-state index in [1.165, 1.54) is 17.2 Å². The first kappa shape index (κ1) is 14.3. The first-order chi connectivity index (χ1) is 9.49. The Morgan fingerprint density at radius 3 is 2.30 bits per heavy atom. The average molecular weight is 297 g/mol. The van der Waals surface area contributed by atoms with Gasteiger partial charge in [0.15, 0.2) is 0 Å². The quantitative estimate of drug-likeness (QED) is 0.558. The van der Waals surface area contributed by atoms with Crippen molar-refractivity contribution >= 4 is 29.3 Å². The van der Waals surface area contributed by atoms with Gasteiger partial charge in [0, 0.05) is 37.9 Å². The molecule has 7 nitrogen and oxygen atoms in total. The first-order valence-corrected chi connectivity index (χ1v) is 6.36. The van der Waals surface area contributed by atoms with Gasteiger partial charge in [0.1, 0.15) is 5.15 Å². The molecule has 106 valence electrons. The first-order valence-electron chi connectivity index (χ1n) is 5.98. The van der Waals surface area contributed by atoms with Crippen molar-refractivity contribution in [3.8, 4) is 0 Å². The number of nitrogens with zero attached hydrogens (tertiary/aromatic N) is 3. The predicted octanol–water partition coefficient (Wildman–Crippen LogP) is -0.495. The van der Waals surface area contributed by atoms with Gasteiger partial charge in [0.2, 0.25) is 0 Å². The largest absolute Gasteiger partial charge is 0.361 e. The molecule has 1 fully saturated rings. The van der Waals surface area contributed by atoms with Gasteiger partial charge in [-0.15, -0.1) is 0 Å². The van der Waals surface area contributed by atoms with E-state index in [9.17, 15) is 14.4 Å². The Bertz CT molecular complexity index is 555. The molecule has 0 spiro atoms. The van der Waals surface area contributed by atoms with E-state index < -0.39 is 11.8 Å². The van der Waals surface area contributed by atoms with Gasteiger partial charge in [0.25, 0.3) is 5.91 Å². The number of piperazine rings is 1. The van der Waals surface area contributed by atoms with Gasteiger partial charge in [-0.2, -0.15) is 0 Å². The molecule has 20 heavy (non-hydrogen) atoms. The van der Waals surface area contributed by atoms with Crippen molar-refractivity contribution in [3.05, 3.63) is 29.0 Å². The molecule has 2 N–H and O–H groups in total. The van der Waals surface area contributed by atoms with Crippen molar-refractivity contribution in [2.24, 2.45) is 5.73 Å². The summed E-state index contributed by atoms with van der Waals surface area (Å²) in [7, 11) is 0. The van der Waals surface area contributed by atoms with Crippen LogP contribution in [0.25, 0.3) is 0 Å². The fourth-order valence-electron chi connectivity index (χ4n) is 1.99. The summed E-state index contributed by atoms with van der Waals surface area (Å²) in [6.07, 6.45) is 1.46. The molecular formula is C12H13ClN4O3. The van der Waals surface area contributed by atoms with Crippen LogP contribution in [0.2, 0.25) is 5.15 Å². The number of rotatable bonds is 1. The van der Waals surface area contributed by atoms with E-state index >= 15 is 0 Å². The maximum absolute atomic E-state index is 12.2. The van der Waals surface area contributed by atoms with E-state index in [2.05, 4.69) is 4.98 Å². The number of primary amides is 1. The molecule has 8 heteroatoms. The van der Waals surface area contributed by atoms with Crippen molar-refractivity contribution < 1.29 is 14.4 Å². The van der Waals surface area contributed by atoms with E-state index in [0.717, 1.165) is 0 Å². The van der Waals surface area contributed by atoms with E-state index in [1.807, 2.05) is 0 Å². The van der Waals surface area contributed by atoms with Crippen LogP contribution in [0.15, 0.2) is 18.3 Å². The van der Waals surface area contributed by atoms with Gasteiger partial charge in [-0.1, -0.05) is 11.6 Å². The topological polar surface area (TPSA) is 96.6 Å². The second kappa shape index (κ2) is 5.87. The minimum atomic E-state index is -0.981. The summed E-state index contributed by atoms with van der Waals surface area (Å²) in [5.74, 6) is -1.88. The summed E-state index contributed by atoms with van der Waals surface area (Å²) >= 11 is 5.74. The molecule has 1 aromatic rings. The molecule has 2 heterocycles.